The zero-order valence-corrected chi connectivity index (χ0v) is 8.25. The van der Waals surface area contributed by atoms with Gasteiger partial charge in [0.1, 0.15) is 11.9 Å². The van der Waals surface area contributed by atoms with Crippen LogP contribution in [0.3, 0.4) is 0 Å². The smallest absolute Gasteiger partial charge is 0.162 e. The maximum absolute atomic E-state index is 12.9. The highest BCUT2D eigenvalue weighted by molar-refractivity contribution is 5.24. The Morgan fingerprint density at radius 1 is 1.20 bits per heavy atom. The molecule has 0 radical (unpaired) electrons. The summed E-state index contributed by atoms with van der Waals surface area (Å²) in [4.78, 5) is 0. The average Bonchev–Trinajstić information content (AvgIpc) is 2.59. The predicted octanol–water partition coefficient (Wildman–Crippen LogP) is 2.22. The molecule has 82 valence electrons. The van der Waals surface area contributed by atoms with Gasteiger partial charge in [0.25, 0.3) is 0 Å². The van der Waals surface area contributed by atoms with Crippen molar-refractivity contribution >= 4 is 0 Å². The maximum atomic E-state index is 12.9. The first kappa shape index (κ1) is 10.4. The monoisotopic (exact) mass is 213 g/mol. The molecule has 1 fully saturated rings. The molecule has 1 aliphatic carbocycles. The van der Waals surface area contributed by atoms with Gasteiger partial charge < -0.3 is 10.5 Å². The van der Waals surface area contributed by atoms with Crippen LogP contribution in [0.2, 0.25) is 0 Å². The number of halogens is 2. The minimum absolute atomic E-state index is 0.00175. The first-order chi connectivity index (χ1) is 7.16. The van der Waals surface area contributed by atoms with Crippen LogP contribution in [-0.4, -0.2) is 12.1 Å². The third-order valence-electron chi connectivity index (χ3n) is 2.68. The second-order valence-corrected chi connectivity index (χ2v) is 3.83. The molecule has 15 heavy (non-hydrogen) atoms. The molecule has 0 spiro atoms. The van der Waals surface area contributed by atoms with Gasteiger partial charge in [-0.3, -0.25) is 0 Å². The summed E-state index contributed by atoms with van der Waals surface area (Å²) in [7, 11) is 0. The van der Waals surface area contributed by atoms with Gasteiger partial charge in [0.15, 0.2) is 11.6 Å². The van der Waals surface area contributed by atoms with Gasteiger partial charge in [0.05, 0.1) is 0 Å². The first-order valence-electron chi connectivity index (χ1n) is 5.04. The summed E-state index contributed by atoms with van der Waals surface area (Å²) in [5.41, 5.74) is 5.80. The minimum Gasteiger partial charge on any atom is -0.489 e. The van der Waals surface area contributed by atoms with Crippen molar-refractivity contribution < 1.29 is 13.5 Å². The van der Waals surface area contributed by atoms with Crippen molar-refractivity contribution in [2.24, 2.45) is 5.73 Å². The Kier molecular flexibility index (Phi) is 2.86. The summed E-state index contributed by atoms with van der Waals surface area (Å²) in [5, 5.41) is 0. The van der Waals surface area contributed by atoms with Crippen LogP contribution >= 0.6 is 0 Å². The number of benzene rings is 1. The van der Waals surface area contributed by atoms with Gasteiger partial charge in [-0.25, -0.2) is 8.78 Å². The zero-order chi connectivity index (χ0) is 10.8. The summed E-state index contributed by atoms with van der Waals surface area (Å²) in [5.74, 6) is -1.41. The van der Waals surface area contributed by atoms with Gasteiger partial charge in [-0.15, -0.1) is 0 Å². The summed E-state index contributed by atoms with van der Waals surface area (Å²) >= 11 is 0. The van der Waals surface area contributed by atoms with Gasteiger partial charge in [-0.2, -0.15) is 0 Å². The molecule has 0 heterocycles. The molecule has 0 aromatic heterocycles. The molecule has 1 saturated carbocycles. The van der Waals surface area contributed by atoms with E-state index in [9.17, 15) is 8.78 Å². The Balaban J connectivity index is 2.07. The first-order valence-corrected chi connectivity index (χ1v) is 5.04. The van der Waals surface area contributed by atoms with Crippen LogP contribution in [0.4, 0.5) is 8.78 Å². The molecule has 1 aliphatic rings. The van der Waals surface area contributed by atoms with Gasteiger partial charge in [0, 0.05) is 12.1 Å². The number of nitrogens with two attached hydrogens (primary N) is 1. The highest BCUT2D eigenvalue weighted by atomic mass is 19.2. The van der Waals surface area contributed by atoms with Crippen molar-refractivity contribution in [3.8, 4) is 5.75 Å². The van der Waals surface area contributed by atoms with Crippen molar-refractivity contribution in [1.82, 2.24) is 0 Å². The molecule has 0 amide bonds. The van der Waals surface area contributed by atoms with Gasteiger partial charge in [-0.1, -0.05) is 0 Å². The second kappa shape index (κ2) is 4.14. The Morgan fingerprint density at radius 3 is 2.60 bits per heavy atom. The molecule has 0 aliphatic heterocycles. The van der Waals surface area contributed by atoms with E-state index in [1.807, 2.05) is 0 Å². The highest BCUT2D eigenvalue weighted by Crippen LogP contribution is 2.24. The van der Waals surface area contributed by atoms with E-state index in [4.69, 9.17) is 10.5 Å². The lowest BCUT2D eigenvalue weighted by atomic mass is 10.2. The SMILES string of the molecule is NC1CCCC1Oc1ccc(F)c(F)c1. The van der Waals surface area contributed by atoms with Crippen LogP contribution < -0.4 is 10.5 Å². The van der Waals surface area contributed by atoms with E-state index in [0.717, 1.165) is 31.4 Å². The molecular weight excluding hydrogens is 200 g/mol. The molecule has 2 rings (SSSR count). The number of ether oxygens (including phenoxy) is 1. The van der Waals surface area contributed by atoms with Crippen LogP contribution in [0, 0.1) is 11.6 Å². The number of hydrogen-bond donors (Lipinski definition) is 1. The third-order valence-corrected chi connectivity index (χ3v) is 2.68. The van der Waals surface area contributed by atoms with E-state index < -0.39 is 11.6 Å². The van der Waals surface area contributed by atoms with Crippen LogP contribution in [0.25, 0.3) is 0 Å². The van der Waals surface area contributed by atoms with E-state index in [1.165, 1.54) is 6.07 Å². The molecule has 4 heteroatoms. The van der Waals surface area contributed by atoms with Crippen LogP contribution in [0.1, 0.15) is 19.3 Å². The second-order valence-electron chi connectivity index (χ2n) is 3.83. The van der Waals surface area contributed by atoms with Gasteiger partial charge in [0.2, 0.25) is 0 Å². The molecule has 0 saturated heterocycles. The molecule has 2 atom stereocenters. The Morgan fingerprint density at radius 2 is 2.00 bits per heavy atom. The molecule has 2 N–H and O–H groups in total. The highest BCUT2D eigenvalue weighted by Gasteiger charge is 2.25. The Labute approximate surface area is 87.0 Å². The topological polar surface area (TPSA) is 35.2 Å². The van der Waals surface area contributed by atoms with E-state index in [2.05, 4.69) is 0 Å². The fourth-order valence-electron chi connectivity index (χ4n) is 1.83. The Bertz CT molecular complexity index is 356. The molecular formula is C11H13F2NO. The van der Waals surface area contributed by atoms with Crippen molar-refractivity contribution in [1.29, 1.82) is 0 Å². The summed E-state index contributed by atoms with van der Waals surface area (Å²) in [6.07, 6.45) is 2.75. The maximum Gasteiger partial charge on any atom is 0.162 e. The van der Waals surface area contributed by atoms with Crippen molar-refractivity contribution in [3.05, 3.63) is 29.8 Å². The molecule has 2 nitrogen and oxygen atoms in total. The predicted molar refractivity (Wildman–Crippen MR) is 52.6 cm³/mol. The average molecular weight is 213 g/mol. The fourth-order valence-corrected chi connectivity index (χ4v) is 1.83. The van der Waals surface area contributed by atoms with Crippen LogP contribution in [0.15, 0.2) is 18.2 Å². The lowest BCUT2D eigenvalue weighted by Gasteiger charge is -2.17. The molecule has 1 aromatic carbocycles. The van der Waals surface area contributed by atoms with Crippen LogP contribution in [0.5, 0.6) is 5.75 Å². The quantitative estimate of drug-likeness (QED) is 0.817. The van der Waals surface area contributed by atoms with Crippen molar-refractivity contribution in [2.75, 3.05) is 0 Å². The fraction of sp³-hybridized carbons (Fsp3) is 0.455. The third kappa shape index (κ3) is 2.26. The van der Waals surface area contributed by atoms with Crippen molar-refractivity contribution in [2.45, 2.75) is 31.4 Å². The van der Waals surface area contributed by atoms with Gasteiger partial charge >= 0.3 is 0 Å². The summed E-state index contributed by atoms with van der Waals surface area (Å²) in [6, 6.07) is 3.53. The Hall–Kier alpha value is -1.16. The normalized spacial score (nSPS) is 25.5. The molecule has 0 bridgehead atoms. The van der Waals surface area contributed by atoms with Crippen LogP contribution in [-0.2, 0) is 0 Å². The summed E-state index contributed by atoms with van der Waals surface area (Å²) < 4.78 is 31.0. The summed E-state index contributed by atoms with van der Waals surface area (Å²) in [6.45, 7) is 0. The molecule has 2 unspecified atom stereocenters. The zero-order valence-electron chi connectivity index (χ0n) is 8.25. The van der Waals surface area contributed by atoms with E-state index in [0.29, 0.717) is 5.75 Å². The lowest BCUT2D eigenvalue weighted by Crippen LogP contribution is -2.33. The minimum atomic E-state index is -0.890. The largest absolute Gasteiger partial charge is 0.489 e. The van der Waals surface area contributed by atoms with Gasteiger partial charge in [-0.05, 0) is 31.4 Å². The lowest BCUT2D eigenvalue weighted by molar-refractivity contribution is 0.190. The number of rotatable bonds is 2. The number of hydrogen-bond acceptors (Lipinski definition) is 2. The van der Waals surface area contributed by atoms with E-state index >= 15 is 0 Å². The van der Waals surface area contributed by atoms with E-state index in [1.54, 1.807) is 0 Å². The molecule has 1 aromatic rings. The van der Waals surface area contributed by atoms with Crippen molar-refractivity contribution in [3.63, 3.8) is 0 Å². The van der Waals surface area contributed by atoms with E-state index in [-0.39, 0.29) is 12.1 Å². The standard InChI is InChI=1S/C11H13F2NO/c12-8-5-4-7(6-9(8)13)15-11-3-1-2-10(11)14/h4-6,10-11H,1-3,14H2.